The van der Waals surface area contributed by atoms with Gasteiger partial charge >= 0.3 is 0 Å². The van der Waals surface area contributed by atoms with Gasteiger partial charge in [0.2, 0.25) is 5.75 Å². The van der Waals surface area contributed by atoms with Gasteiger partial charge in [0, 0.05) is 5.56 Å². The quantitative estimate of drug-likeness (QED) is 0.404. The normalized spacial score (nSPS) is 11.4. The Hall–Kier alpha value is -3.86. The predicted molar refractivity (Wildman–Crippen MR) is 125 cm³/mol. The molecule has 0 amide bonds. The minimum atomic E-state index is -4.43. The van der Waals surface area contributed by atoms with Gasteiger partial charge in [0.05, 0.1) is 33.3 Å². The van der Waals surface area contributed by atoms with E-state index in [0.29, 0.717) is 34.9 Å². The van der Waals surface area contributed by atoms with E-state index in [1.807, 2.05) is 0 Å². The Morgan fingerprint density at radius 2 is 1.31 bits per heavy atom. The maximum atomic E-state index is 14.4. The van der Waals surface area contributed by atoms with Crippen LogP contribution in [0, 0.1) is 17.5 Å². The van der Waals surface area contributed by atoms with E-state index in [1.54, 1.807) is 18.2 Å². The molecule has 0 atom stereocenters. The largest absolute Gasteiger partial charge is 0.493 e. The molecule has 3 rings (SSSR count). The fourth-order valence-electron chi connectivity index (χ4n) is 3.24. The molecule has 0 saturated heterocycles. The van der Waals surface area contributed by atoms with Crippen molar-refractivity contribution in [2.45, 2.75) is 4.90 Å². The summed E-state index contributed by atoms with van der Waals surface area (Å²) in [6, 6.07) is 7.83. The molecule has 0 aliphatic heterocycles. The second kappa shape index (κ2) is 10.6. The molecule has 0 aliphatic rings. The van der Waals surface area contributed by atoms with Crippen LogP contribution in [0.15, 0.2) is 47.4 Å². The molecule has 0 aromatic heterocycles. The number of anilines is 1. The van der Waals surface area contributed by atoms with Gasteiger partial charge in [0.1, 0.15) is 5.69 Å². The highest BCUT2D eigenvalue weighted by Crippen LogP contribution is 2.39. The summed E-state index contributed by atoms with van der Waals surface area (Å²) in [6.07, 6.45) is 3.11. The van der Waals surface area contributed by atoms with Gasteiger partial charge in [-0.2, -0.15) is 0 Å². The molecule has 0 fully saturated rings. The molecular formula is C24H22F3NO6S. The number of hydrogen-bond donors (Lipinski definition) is 1. The van der Waals surface area contributed by atoms with Crippen molar-refractivity contribution in [2.75, 3.05) is 33.2 Å². The van der Waals surface area contributed by atoms with Gasteiger partial charge in [0.15, 0.2) is 34.7 Å². The molecule has 1 N–H and O–H groups in total. The average molecular weight is 510 g/mol. The van der Waals surface area contributed by atoms with Crippen LogP contribution in [-0.2, 0) is 10.0 Å². The molecule has 7 nitrogen and oxygen atoms in total. The highest BCUT2D eigenvalue weighted by atomic mass is 32.2. The standard InChI is InChI=1S/C24H22F3NO6S/c1-31-20-11-14(12-21(32-2)24(20)34-4)5-6-15-7-9-18(26)23(33-3)22(15)28-35(29,30)16-8-10-17(25)19(27)13-16/h5-13,28H,1-4H3/b6-5-. The first-order valence-electron chi connectivity index (χ1n) is 9.97. The van der Waals surface area contributed by atoms with Gasteiger partial charge in [-0.1, -0.05) is 12.2 Å². The summed E-state index contributed by atoms with van der Waals surface area (Å²) >= 11 is 0. The van der Waals surface area contributed by atoms with Crippen molar-refractivity contribution in [3.8, 4) is 23.0 Å². The van der Waals surface area contributed by atoms with Crippen molar-refractivity contribution in [3.05, 3.63) is 71.0 Å². The van der Waals surface area contributed by atoms with Crippen LogP contribution in [0.1, 0.15) is 11.1 Å². The smallest absolute Gasteiger partial charge is 0.262 e. The Labute approximate surface area is 200 Å². The van der Waals surface area contributed by atoms with Gasteiger partial charge in [-0.05, 0) is 48.0 Å². The second-order valence-corrected chi connectivity index (χ2v) is 8.70. The molecule has 0 aliphatic carbocycles. The number of rotatable bonds is 9. The summed E-state index contributed by atoms with van der Waals surface area (Å²) in [6.45, 7) is 0. The molecule has 0 spiro atoms. The molecule has 11 heteroatoms. The average Bonchev–Trinajstić information content (AvgIpc) is 2.84. The molecular weight excluding hydrogens is 487 g/mol. The van der Waals surface area contributed by atoms with E-state index in [4.69, 9.17) is 18.9 Å². The molecule has 0 heterocycles. The number of benzene rings is 3. The third-order valence-electron chi connectivity index (χ3n) is 4.93. The number of hydrogen-bond acceptors (Lipinski definition) is 6. The van der Waals surface area contributed by atoms with Crippen molar-refractivity contribution in [1.82, 2.24) is 0 Å². The lowest BCUT2D eigenvalue weighted by atomic mass is 10.1. The van der Waals surface area contributed by atoms with Crippen LogP contribution < -0.4 is 23.7 Å². The summed E-state index contributed by atoms with van der Waals surface area (Å²) in [7, 11) is 1.12. The third-order valence-corrected chi connectivity index (χ3v) is 6.27. The first-order chi connectivity index (χ1) is 16.6. The van der Waals surface area contributed by atoms with Crippen LogP contribution >= 0.6 is 0 Å². The van der Waals surface area contributed by atoms with Crippen molar-refractivity contribution >= 4 is 27.9 Å². The Bertz CT molecular complexity index is 1350. The van der Waals surface area contributed by atoms with Crippen LogP contribution in [-0.4, -0.2) is 36.9 Å². The molecule has 0 radical (unpaired) electrons. The van der Waals surface area contributed by atoms with E-state index in [2.05, 4.69) is 4.72 Å². The fraction of sp³-hybridized carbons (Fsp3) is 0.167. The minimum absolute atomic E-state index is 0.225. The number of sulfonamides is 1. The topological polar surface area (TPSA) is 83.1 Å². The zero-order valence-electron chi connectivity index (χ0n) is 19.2. The van der Waals surface area contributed by atoms with Crippen molar-refractivity contribution < 1.29 is 40.5 Å². The summed E-state index contributed by atoms with van der Waals surface area (Å²) < 4.78 is 90.3. The van der Waals surface area contributed by atoms with Gasteiger partial charge in [-0.25, -0.2) is 21.6 Å². The summed E-state index contributed by atoms with van der Waals surface area (Å²) in [4.78, 5) is -0.553. The molecule has 3 aromatic carbocycles. The monoisotopic (exact) mass is 509 g/mol. The molecule has 3 aromatic rings. The number of halogens is 3. The third kappa shape index (κ3) is 5.46. The molecule has 0 saturated carbocycles. The second-order valence-electron chi connectivity index (χ2n) is 7.02. The van der Waals surface area contributed by atoms with Crippen LogP contribution in [0.25, 0.3) is 12.2 Å². The van der Waals surface area contributed by atoms with Gasteiger partial charge in [0.25, 0.3) is 10.0 Å². The molecule has 0 bridgehead atoms. The van der Waals surface area contributed by atoms with Crippen LogP contribution in [0.3, 0.4) is 0 Å². The van der Waals surface area contributed by atoms with Crippen LogP contribution in [0.5, 0.6) is 23.0 Å². The number of ether oxygens (including phenoxy) is 4. The Morgan fingerprint density at radius 1 is 0.714 bits per heavy atom. The van der Waals surface area contributed by atoms with Crippen LogP contribution in [0.2, 0.25) is 0 Å². The van der Waals surface area contributed by atoms with E-state index in [9.17, 15) is 21.6 Å². The van der Waals surface area contributed by atoms with E-state index in [-0.39, 0.29) is 17.0 Å². The van der Waals surface area contributed by atoms with E-state index < -0.39 is 32.4 Å². The van der Waals surface area contributed by atoms with Crippen molar-refractivity contribution in [1.29, 1.82) is 0 Å². The minimum Gasteiger partial charge on any atom is -0.493 e. The molecule has 35 heavy (non-hydrogen) atoms. The lowest BCUT2D eigenvalue weighted by molar-refractivity contribution is 0.324. The van der Waals surface area contributed by atoms with Crippen molar-refractivity contribution in [3.63, 3.8) is 0 Å². The number of nitrogens with one attached hydrogen (secondary N) is 1. The lowest BCUT2D eigenvalue weighted by Crippen LogP contribution is -2.15. The van der Waals surface area contributed by atoms with Crippen molar-refractivity contribution in [2.24, 2.45) is 0 Å². The maximum Gasteiger partial charge on any atom is 0.262 e. The molecule has 186 valence electrons. The summed E-state index contributed by atoms with van der Waals surface area (Å²) in [5.74, 6) is -2.60. The number of methoxy groups -OCH3 is 4. The van der Waals surface area contributed by atoms with E-state index >= 15 is 0 Å². The van der Waals surface area contributed by atoms with Gasteiger partial charge in [-0.15, -0.1) is 0 Å². The highest BCUT2D eigenvalue weighted by Gasteiger charge is 2.22. The van der Waals surface area contributed by atoms with Gasteiger partial charge in [-0.3, -0.25) is 4.72 Å². The lowest BCUT2D eigenvalue weighted by Gasteiger charge is -2.16. The summed E-state index contributed by atoms with van der Waals surface area (Å²) in [5.41, 5.74) is 0.585. The van der Waals surface area contributed by atoms with Gasteiger partial charge < -0.3 is 18.9 Å². The first-order valence-corrected chi connectivity index (χ1v) is 11.5. The fourth-order valence-corrected chi connectivity index (χ4v) is 4.34. The highest BCUT2D eigenvalue weighted by molar-refractivity contribution is 7.92. The molecule has 0 unspecified atom stereocenters. The van der Waals surface area contributed by atoms with E-state index in [1.165, 1.54) is 40.6 Å². The maximum absolute atomic E-state index is 14.4. The Morgan fingerprint density at radius 3 is 1.86 bits per heavy atom. The summed E-state index contributed by atoms with van der Waals surface area (Å²) in [5, 5.41) is 0. The predicted octanol–water partition coefficient (Wildman–Crippen LogP) is 5.11. The Kier molecular flexibility index (Phi) is 7.80. The Balaban J connectivity index is 2.08. The first kappa shape index (κ1) is 25.8. The zero-order valence-corrected chi connectivity index (χ0v) is 20.0. The van der Waals surface area contributed by atoms with Crippen LogP contribution in [0.4, 0.5) is 18.9 Å². The zero-order chi connectivity index (χ0) is 25.8. The van der Waals surface area contributed by atoms with E-state index in [0.717, 1.165) is 12.1 Å². The SMILES string of the molecule is COc1cc(/C=C\c2ccc(F)c(OC)c2NS(=O)(=O)c2ccc(F)c(F)c2)cc(OC)c1OC.